The molecule has 1 aromatic carbocycles. The number of amides is 1. The molecule has 0 aliphatic rings. The van der Waals surface area contributed by atoms with Crippen LogP contribution in [0, 0.1) is 6.92 Å². The maximum absolute atomic E-state index is 12.1. The third-order valence-electron chi connectivity index (χ3n) is 3.41. The summed E-state index contributed by atoms with van der Waals surface area (Å²) < 4.78 is 0. The van der Waals surface area contributed by atoms with Crippen LogP contribution in [0.1, 0.15) is 42.9 Å². The minimum Gasteiger partial charge on any atom is -0.326 e. The van der Waals surface area contributed by atoms with Gasteiger partial charge in [-0.3, -0.25) is 4.79 Å². The standard InChI is InChI=1S/C17H21NOS/c1-12(2)15-6-4-5-13(3)17(15)18-16(19)8-7-14-9-10-20-11-14/h4-6,9-12H,7-8H2,1-3H3,(H,18,19). The smallest absolute Gasteiger partial charge is 0.224 e. The van der Waals surface area contributed by atoms with Crippen molar-refractivity contribution < 1.29 is 4.79 Å². The monoisotopic (exact) mass is 287 g/mol. The molecule has 106 valence electrons. The fourth-order valence-corrected chi connectivity index (χ4v) is 2.94. The maximum Gasteiger partial charge on any atom is 0.224 e. The fraction of sp³-hybridized carbons (Fsp3) is 0.353. The van der Waals surface area contributed by atoms with E-state index in [2.05, 4.69) is 36.7 Å². The van der Waals surface area contributed by atoms with Gasteiger partial charge in [-0.2, -0.15) is 11.3 Å². The van der Waals surface area contributed by atoms with E-state index in [1.807, 2.05) is 24.4 Å². The van der Waals surface area contributed by atoms with Gasteiger partial charge >= 0.3 is 0 Å². The summed E-state index contributed by atoms with van der Waals surface area (Å²) in [4.78, 5) is 12.1. The number of para-hydroxylation sites is 1. The summed E-state index contributed by atoms with van der Waals surface area (Å²) >= 11 is 1.67. The Labute approximate surface area is 124 Å². The zero-order valence-electron chi connectivity index (χ0n) is 12.3. The van der Waals surface area contributed by atoms with Gasteiger partial charge in [0.05, 0.1) is 0 Å². The molecule has 0 bridgehead atoms. The second-order valence-electron chi connectivity index (χ2n) is 5.37. The van der Waals surface area contributed by atoms with E-state index in [1.165, 1.54) is 11.1 Å². The zero-order chi connectivity index (χ0) is 14.5. The Balaban J connectivity index is 2.04. The first-order valence-corrected chi connectivity index (χ1v) is 7.92. The van der Waals surface area contributed by atoms with Crippen molar-refractivity contribution in [2.24, 2.45) is 0 Å². The van der Waals surface area contributed by atoms with E-state index in [9.17, 15) is 4.79 Å². The van der Waals surface area contributed by atoms with Crippen LogP contribution in [0.25, 0.3) is 0 Å². The summed E-state index contributed by atoms with van der Waals surface area (Å²) in [6, 6.07) is 8.25. The van der Waals surface area contributed by atoms with E-state index in [1.54, 1.807) is 11.3 Å². The van der Waals surface area contributed by atoms with Gasteiger partial charge in [0.15, 0.2) is 0 Å². The average Bonchev–Trinajstić information content (AvgIpc) is 2.91. The molecule has 1 amide bonds. The maximum atomic E-state index is 12.1. The molecule has 2 rings (SSSR count). The Morgan fingerprint density at radius 3 is 2.75 bits per heavy atom. The minimum absolute atomic E-state index is 0.0902. The van der Waals surface area contributed by atoms with Crippen LogP contribution in [0.3, 0.4) is 0 Å². The Kier molecular flexibility index (Phi) is 4.96. The lowest BCUT2D eigenvalue weighted by Crippen LogP contribution is -2.15. The topological polar surface area (TPSA) is 29.1 Å². The third-order valence-corrected chi connectivity index (χ3v) is 4.14. The van der Waals surface area contributed by atoms with E-state index >= 15 is 0 Å². The summed E-state index contributed by atoms with van der Waals surface area (Å²) in [5.74, 6) is 0.495. The summed E-state index contributed by atoms with van der Waals surface area (Å²) in [5.41, 5.74) is 4.55. The first kappa shape index (κ1) is 14.8. The summed E-state index contributed by atoms with van der Waals surface area (Å²) in [7, 11) is 0. The number of thiophene rings is 1. The second-order valence-corrected chi connectivity index (χ2v) is 6.15. The van der Waals surface area contributed by atoms with E-state index in [0.29, 0.717) is 12.3 Å². The highest BCUT2D eigenvalue weighted by molar-refractivity contribution is 7.07. The normalized spacial score (nSPS) is 10.8. The van der Waals surface area contributed by atoms with Crippen LogP contribution in [0.2, 0.25) is 0 Å². The Hall–Kier alpha value is -1.61. The molecule has 0 fully saturated rings. The minimum atomic E-state index is 0.0902. The molecule has 0 unspecified atom stereocenters. The van der Waals surface area contributed by atoms with Gasteiger partial charge in [0, 0.05) is 12.1 Å². The van der Waals surface area contributed by atoms with Crippen molar-refractivity contribution in [3.63, 3.8) is 0 Å². The lowest BCUT2D eigenvalue weighted by molar-refractivity contribution is -0.116. The highest BCUT2D eigenvalue weighted by Crippen LogP contribution is 2.27. The van der Waals surface area contributed by atoms with Gasteiger partial charge < -0.3 is 5.32 Å². The number of nitrogens with one attached hydrogen (secondary N) is 1. The first-order chi connectivity index (χ1) is 9.58. The van der Waals surface area contributed by atoms with E-state index in [0.717, 1.165) is 17.7 Å². The molecule has 0 aliphatic carbocycles. The van der Waals surface area contributed by atoms with Crippen molar-refractivity contribution in [2.45, 2.75) is 39.5 Å². The number of hydrogen-bond acceptors (Lipinski definition) is 2. The SMILES string of the molecule is Cc1cccc(C(C)C)c1NC(=O)CCc1ccsc1. The van der Waals surface area contributed by atoms with Gasteiger partial charge in [-0.25, -0.2) is 0 Å². The molecule has 0 spiro atoms. The Bertz CT molecular complexity index is 573. The quantitative estimate of drug-likeness (QED) is 0.844. The van der Waals surface area contributed by atoms with Crippen LogP contribution in [0.4, 0.5) is 5.69 Å². The highest BCUT2D eigenvalue weighted by Gasteiger charge is 2.12. The molecular weight excluding hydrogens is 266 g/mol. The molecule has 0 saturated carbocycles. The van der Waals surface area contributed by atoms with Gasteiger partial charge in [0.1, 0.15) is 0 Å². The van der Waals surface area contributed by atoms with Gasteiger partial charge in [-0.05, 0) is 52.8 Å². The van der Waals surface area contributed by atoms with Crippen molar-refractivity contribution in [1.29, 1.82) is 0 Å². The molecule has 0 radical (unpaired) electrons. The van der Waals surface area contributed by atoms with Crippen molar-refractivity contribution in [3.05, 3.63) is 51.7 Å². The number of rotatable bonds is 5. The summed E-state index contributed by atoms with van der Waals surface area (Å²) in [6.07, 6.45) is 1.33. The van der Waals surface area contributed by atoms with Gasteiger partial charge in [0.2, 0.25) is 5.91 Å². The summed E-state index contributed by atoms with van der Waals surface area (Å²) in [6.45, 7) is 6.34. The predicted octanol–water partition coefficient (Wildman–Crippen LogP) is 4.75. The molecule has 1 aromatic heterocycles. The Morgan fingerprint density at radius 1 is 1.30 bits per heavy atom. The largest absolute Gasteiger partial charge is 0.326 e. The van der Waals surface area contributed by atoms with Crippen LogP contribution in [0.15, 0.2) is 35.0 Å². The second kappa shape index (κ2) is 6.71. The fourth-order valence-electron chi connectivity index (χ4n) is 2.24. The lowest BCUT2D eigenvalue weighted by atomic mass is 9.98. The molecule has 1 N–H and O–H groups in total. The van der Waals surface area contributed by atoms with Crippen molar-refractivity contribution in [2.75, 3.05) is 5.32 Å². The Morgan fingerprint density at radius 2 is 2.10 bits per heavy atom. The molecular formula is C17H21NOS. The molecule has 2 nitrogen and oxygen atoms in total. The molecule has 20 heavy (non-hydrogen) atoms. The van der Waals surface area contributed by atoms with E-state index in [-0.39, 0.29) is 5.91 Å². The third kappa shape index (κ3) is 3.70. The van der Waals surface area contributed by atoms with E-state index < -0.39 is 0 Å². The highest BCUT2D eigenvalue weighted by atomic mass is 32.1. The van der Waals surface area contributed by atoms with Crippen LogP contribution in [0.5, 0.6) is 0 Å². The number of carbonyl (C=O) groups excluding carboxylic acids is 1. The van der Waals surface area contributed by atoms with Crippen LogP contribution in [-0.2, 0) is 11.2 Å². The number of benzene rings is 1. The molecule has 1 heterocycles. The lowest BCUT2D eigenvalue weighted by Gasteiger charge is -2.16. The van der Waals surface area contributed by atoms with Crippen LogP contribution >= 0.6 is 11.3 Å². The number of carbonyl (C=O) groups is 1. The zero-order valence-corrected chi connectivity index (χ0v) is 13.1. The van der Waals surface area contributed by atoms with E-state index in [4.69, 9.17) is 0 Å². The van der Waals surface area contributed by atoms with Gasteiger partial charge in [-0.1, -0.05) is 32.0 Å². The predicted molar refractivity (Wildman–Crippen MR) is 86.5 cm³/mol. The number of aryl methyl sites for hydroxylation is 2. The van der Waals surface area contributed by atoms with Crippen molar-refractivity contribution in [3.8, 4) is 0 Å². The molecule has 2 aromatic rings. The van der Waals surface area contributed by atoms with Gasteiger partial charge in [0.25, 0.3) is 0 Å². The molecule has 0 saturated heterocycles. The molecule has 0 aliphatic heterocycles. The average molecular weight is 287 g/mol. The number of hydrogen-bond donors (Lipinski definition) is 1. The first-order valence-electron chi connectivity index (χ1n) is 6.98. The number of anilines is 1. The molecule has 3 heteroatoms. The van der Waals surface area contributed by atoms with Crippen LogP contribution < -0.4 is 5.32 Å². The molecule has 0 atom stereocenters. The van der Waals surface area contributed by atoms with Crippen LogP contribution in [-0.4, -0.2) is 5.91 Å². The van der Waals surface area contributed by atoms with Gasteiger partial charge in [-0.15, -0.1) is 0 Å². The summed E-state index contributed by atoms with van der Waals surface area (Å²) in [5, 5.41) is 7.23. The van der Waals surface area contributed by atoms with Crippen molar-refractivity contribution >= 4 is 22.9 Å². The van der Waals surface area contributed by atoms with Crippen molar-refractivity contribution in [1.82, 2.24) is 0 Å².